The van der Waals surface area contributed by atoms with Crippen LogP contribution in [0.3, 0.4) is 0 Å². The molecule has 3 rings (SSSR count). The van der Waals surface area contributed by atoms with E-state index in [2.05, 4.69) is 66.2 Å². The van der Waals surface area contributed by atoms with Crippen molar-refractivity contribution in [3.05, 3.63) is 70.6 Å². The molecule has 1 heterocycles. The second-order valence-electron chi connectivity index (χ2n) is 5.16. The zero-order chi connectivity index (χ0) is 13.9. The summed E-state index contributed by atoms with van der Waals surface area (Å²) < 4.78 is 1.38. The van der Waals surface area contributed by atoms with E-state index in [0.29, 0.717) is 6.04 Å². The maximum Gasteiger partial charge on any atom is 0.0361 e. The summed E-state index contributed by atoms with van der Waals surface area (Å²) in [6.45, 7) is 2.19. The highest BCUT2D eigenvalue weighted by Gasteiger charge is 2.14. The van der Waals surface area contributed by atoms with E-state index in [9.17, 15) is 0 Å². The Morgan fingerprint density at radius 3 is 2.60 bits per heavy atom. The van der Waals surface area contributed by atoms with Gasteiger partial charge in [0.2, 0.25) is 0 Å². The van der Waals surface area contributed by atoms with Crippen molar-refractivity contribution >= 4 is 21.4 Å². The van der Waals surface area contributed by atoms with E-state index in [-0.39, 0.29) is 0 Å². The fraction of sp³-hybridized carbons (Fsp3) is 0.222. The summed E-state index contributed by atoms with van der Waals surface area (Å²) in [5.74, 6) is 0. The molecule has 20 heavy (non-hydrogen) atoms. The highest BCUT2D eigenvalue weighted by molar-refractivity contribution is 7.17. The topological polar surface area (TPSA) is 12.0 Å². The first kappa shape index (κ1) is 13.3. The van der Waals surface area contributed by atoms with E-state index < -0.39 is 0 Å². The summed E-state index contributed by atoms with van der Waals surface area (Å²) in [7, 11) is 2.05. The van der Waals surface area contributed by atoms with Crippen molar-refractivity contribution in [1.29, 1.82) is 0 Å². The molecule has 0 saturated carbocycles. The Labute approximate surface area is 124 Å². The number of hydrogen-bond acceptors (Lipinski definition) is 2. The third kappa shape index (κ3) is 2.49. The fourth-order valence-corrected chi connectivity index (χ4v) is 3.73. The molecule has 0 fully saturated rings. The van der Waals surface area contributed by atoms with Gasteiger partial charge in [-0.3, -0.25) is 0 Å². The number of aryl methyl sites for hydroxylation is 1. The number of benzene rings is 2. The molecule has 0 bridgehead atoms. The van der Waals surface area contributed by atoms with Crippen LogP contribution < -0.4 is 5.32 Å². The number of nitrogens with one attached hydrogen (secondary N) is 1. The van der Waals surface area contributed by atoms with Crippen LogP contribution in [0.2, 0.25) is 0 Å². The van der Waals surface area contributed by atoms with Crippen molar-refractivity contribution in [2.24, 2.45) is 0 Å². The van der Waals surface area contributed by atoms with Gasteiger partial charge in [-0.1, -0.05) is 42.5 Å². The lowest BCUT2D eigenvalue weighted by Crippen LogP contribution is -2.19. The Hall–Kier alpha value is -1.64. The quantitative estimate of drug-likeness (QED) is 0.730. The molecule has 102 valence electrons. The standard InChI is InChI=1S/C18H19NS/c1-13-7-3-4-8-15(13)17(19-2)11-14-12-20-18-10-6-5-9-16(14)18/h3-10,12,17,19H,11H2,1-2H3. The highest BCUT2D eigenvalue weighted by Crippen LogP contribution is 2.30. The van der Waals surface area contributed by atoms with Crippen LogP contribution in [0.25, 0.3) is 10.1 Å². The van der Waals surface area contributed by atoms with Crippen molar-refractivity contribution in [3.63, 3.8) is 0 Å². The molecule has 2 heteroatoms. The lowest BCUT2D eigenvalue weighted by molar-refractivity contribution is 0.591. The van der Waals surface area contributed by atoms with E-state index in [4.69, 9.17) is 0 Å². The van der Waals surface area contributed by atoms with Crippen molar-refractivity contribution in [3.8, 4) is 0 Å². The third-order valence-electron chi connectivity index (χ3n) is 3.90. The van der Waals surface area contributed by atoms with E-state index in [0.717, 1.165) is 6.42 Å². The van der Waals surface area contributed by atoms with E-state index in [1.165, 1.54) is 26.8 Å². The van der Waals surface area contributed by atoms with Crippen LogP contribution in [-0.4, -0.2) is 7.05 Å². The molecule has 3 aromatic rings. The van der Waals surface area contributed by atoms with Crippen molar-refractivity contribution in [1.82, 2.24) is 5.32 Å². The minimum Gasteiger partial charge on any atom is -0.313 e. The number of likely N-dealkylation sites (N-methyl/N-ethyl adjacent to an activating group) is 1. The second-order valence-corrected chi connectivity index (χ2v) is 6.07. The summed E-state index contributed by atoms with van der Waals surface area (Å²) in [6, 6.07) is 17.7. The predicted molar refractivity (Wildman–Crippen MR) is 88.5 cm³/mol. The first-order valence-electron chi connectivity index (χ1n) is 6.97. The molecular formula is C18H19NS. The van der Waals surface area contributed by atoms with Gasteiger partial charge >= 0.3 is 0 Å². The Morgan fingerprint density at radius 2 is 1.80 bits per heavy atom. The Kier molecular flexibility index (Phi) is 3.86. The smallest absolute Gasteiger partial charge is 0.0361 e. The molecule has 1 atom stereocenters. The molecule has 0 aliphatic rings. The SMILES string of the molecule is CNC(Cc1csc2ccccc12)c1ccccc1C. The van der Waals surface area contributed by atoms with Gasteiger partial charge in [-0.2, -0.15) is 0 Å². The number of thiophene rings is 1. The molecule has 1 aromatic heterocycles. The maximum atomic E-state index is 3.47. The molecular weight excluding hydrogens is 262 g/mol. The molecule has 1 N–H and O–H groups in total. The number of fused-ring (bicyclic) bond motifs is 1. The summed E-state index contributed by atoms with van der Waals surface area (Å²) in [5.41, 5.74) is 4.19. The second kappa shape index (κ2) is 5.78. The van der Waals surface area contributed by atoms with Crippen LogP contribution in [0.4, 0.5) is 0 Å². The summed E-state index contributed by atoms with van der Waals surface area (Å²) in [4.78, 5) is 0. The monoisotopic (exact) mass is 281 g/mol. The average Bonchev–Trinajstić information content (AvgIpc) is 2.89. The van der Waals surface area contributed by atoms with Crippen LogP contribution in [0.1, 0.15) is 22.7 Å². The molecule has 0 aliphatic carbocycles. The van der Waals surface area contributed by atoms with Crippen molar-refractivity contribution in [2.45, 2.75) is 19.4 Å². The Bertz CT molecular complexity index is 714. The summed E-state index contributed by atoms with van der Waals surface area (Å²) >= 11 is 1.84. The van der Waals surface area contributed by atoms with Gasteiger partial charge in [0.05, 0.1) is 0 Å². The lowest BCUT2D eigenvalue weighted by Gasteiger charge is -2.18. The van der Waals surface area contributed by atoms with Crippen LogP contribution in [0.5, 0.6) is 0 Å². The van der Waals surface area contributed by atoms with Crippen LogP contribution in [0.15, 0.2) is 53.9 Å². The summed E-state index contributed by atoms with van der Waals surface area (Å²) in [5, 5.41) is 7.16. The third-order valence-corrected chi connectivity index (χ3v) is 4.91. The van der Waals surface area contributed by atoms with Gasteiger partial charge in [-0.25, -0.2) is 0 Å². The zero-order valence-corrected chi connectivity index (χ0v) is 12.7. The Morgan fingerprint density at radius 1 is 1.05 bits per heavy atom. The van der Waals surface area contributed by atoms with Gasteiger partial charge in [-0.05, 0) is 53.9 Å². The lowest BCUT2D eigenvalue weighted by atomic mass is 9.95. The maximum absolute atomic E-state index is 3.47. The molecule has 0 amide bonds. The van der Waals surface area contributed by atoms with E-state index in [1.54, 1.807) is 0 Å². The van der Waals surface area contributed by atoms with Crippen LogP contribution in [-0.2, 0) is 6.42 Å². The largest absolute Gasteiger partial charge is 0.313 e. The van der Waals surface area contributed by atoms with Gasteiger partial charge < -0.3 is 5.32 Å². The van der Waals surface area contributed by atoms with Crippen LogP contribution in [0, 0.1) is 6.92 Å². The van der Waals surface area contributed by atoms with Crippen LogP contribution >= 0.6 is 11.3 Å². The van der Waals surface area contributed by atoms with Crippen molar-refractivity contribution in [2.75, 3.05) is 7.05 Å². The van der Waals surface area contributed by atoms with Gasteiger partial charge in [0.1, 0.15) is 0 Å². The summed E-state index contributed by atoms with van der Waals surface area (Å²) in [6.07, 6.45) is 1.03. The molecule has 1 unspecified atom stereocenters. The minimum absolute atomic E-state index is 0.370. The molecule has 0 aliphatic heterocycles. The van der Waals surface area contributed by atoms with E-state index in [1.807, 2.05) is 18.4 Å². The molecule has 0 spiro atoms. The number of rotatable bonds is 4. The first-order valence-corrected chi connectivity index (χ1v) is 7.85. The molecule has 2 aromatic carbocycles. The number of hydrogen-bond donors (Lipinski definition) is 1. The fourth-order valence-electron chi connectivity index (χ4n) is 2.76. The average molecular weight is 281 g/mol. The minimum atomic E-state index is 0.370. The zero-order valence-electron chi connectivity index (χ0n) is 11.9. The van der Waals surface area contributed by atoms with Crippen molar-refractivity contribution < 1.29 is 0 Å². The van der Waals surface area contributed by atoms with Gasteiger partial charge in [0, 0.05) is 10.7 Å². The molecule has 0 saturated heterocycles. The van der Waals surface area contributed by atoms with Gasteiger partial charge in [0.25, 0.3) is 0 Å². The highest BCUT2D eigenvalue weighted by atomic mass is 32.1. The van der Waals surface area contributed by atoms with Gasteiger partial charge in [0.15, 0.2) is 0 Å². The van der Waals surface area contributed by atoms with E-state index >= 15 is 0 Å². The molecule has 1 nitrogen and oxygen atoms in total. The van der Waals surface area contributed by atoms with Gasteiger partial charge in [-0.15, -0.1) is 11.3 Å². The first-order chi connectivity index (χ1) is 9.79. The Balaban J connectivity index is 1.94. The predicted octanol–water partition coefficient (Wildman–Crippen LogP) is 4.71. The normalized spacial score (nSPS) is 12.7. The molecule has 0 radical (unpaired) electrons.